The monoisotopic (exact) mass is 407 g/mol. The van der Waals surface area contributed by atoms with Crippen LogP contribution >= 0.6 is 0 Å². The molecule has 1 aliphatic carbocycles. The van der Waals surface area contributed by atoms with Crippen LogP contribution in [-0.2, 0) is 4.74 Å². The molecular weight excluding hydrogens is 370 g/mol. The number of hydrogen-bond donors (Lipinski definition) is 2. The Morgan fingerprint density at radius 2 is 1.83 bits per heavy atom. The average molecular weight is 408 g/mol. The van der Waals surface area contributed by atoms with E-state index in [0.29, 0.717) is 23.7 Å². The summed E-state index contributed by atoms with van der Waals surface area (Å²) in [5, 5.41) is 13.5. The lowest BCUT2D eigenvalue weighted by Gasteiger charge is -2.32. The number of carbonyl (C=O) groups is 1. The number of carbonyl (C=O) groups excluding carboxylic acids is 1. The molecule has 0 saturated heterocycles. The lowest BCUT2D eigenvalue weighted by Crippen LogP contribution is -2.44. The Bertz CT molecular complexity index is 696. The first-order valence-corrected chi connectivity index (χ1v) is 10.4. The Morgan fingerprint density at radius 1 is 1.21 bits per heavy atom. The van der Waals surface area contributed by atoms with E-state index in [1.54, 1.807) is 41.7 Å². The number of rotatable bonds is 7. The van der Waals surface area contributed by atoms with E-state index in [4.69, 9.17) is 14.2 Å². The zero-order chi connectivity index (χ0) is 21.9. The summed E-state index contributed by atoms with van der Waals surface area (Å²) in [6.45, 7) is 11.6. The van der Waals surface area contributed by atoms with Crippen LogP contribution in [0.5, 0.6) is 11.5 Å². The molecule has 6 heteroatoms. The molecule has 1 atom stereocenters. The maximum Gasteiger partial charge on any atom is 0.408 e. The predicted octanol–water partition coefficient (Wildman–Crippen LogP) is 4.99. The molecule has 1 saturated carbocycles. The largest absolute Gasteiger partial charge is 0.496 e. The van der Waals surface area contributed by atoms with Crippen molar-refractivity contribution >= 4 is 6.09 Å². The lowest BCUT2D eigenvalue weighted by atomic mass is 9.90. The van der Waals surface area contributed by atoms with E-state index < -0.39 is 23.3 Å². The molecule has 164 valence electrons. The molecule has 2 N–H and O–H groups in total. The fourth-order valence-corrected chi connectivity index (χ4v) is 3.71. The molecule has 29 heavy (non-hydrogen) atoms. The lowest BCUT2D eigenvalue weighted by molar-refractivity contribution is 0.0158. The molecule has 1 aromatic carbocycles. The van der Waals surface area contributed by atoms with Gasteiger partial charge in [-0.15, -0.1) is 0 Å². The van der Waals surface area contributed by atoms with E-state index in [1.165, 1.54) is 25.7 Å². The molecule has 0 bridgehead atoms. The first-order chi connectivity index (χ1) is 13.3. The molecule has 0 aromatic heterocycles. The number of nitrogens with one attached hydrogen (secondary N) is 1. The first kappa shape index (κ1) is 23.3. The summed E-state index contributed by atoms with van der Waals surface area (Å²) in [6, 6.07) is 4.77. The van der Waals surface area contributed by atoms with Crippen molar-refractivity contribution < 1.29 is 24.1 Å². The van der Waals surface area contributed by atoms with E-state index in [2.05, 4.69) is 12.2 Å². The molecule has 1 aromatic rings. The quantitative estimate of drug-likeness (QED) is 0.666. The Labute approximate surface area is 174 Å². The van der Waals surface area contributed by atoms with Gasteiger partial charge in [-0.05, 0) is 59.6 Å². The van der Waals surface area contributed by atoms with E-state index in [0.717, 1.165) is 0 Å². The van der Waals surface area contributed by atoms with Crippen LogP contribution in [-0.4, -0.2) is 36.1 Å². The van der Waals surface area contributed by atoms with Crippen molar-refractivity contribution in [3.05, 3.63) is 23.8 Å². The number of hydrogen-bond acceptors (Lipinski definition) is 5. The molecule has 0 heterocycles. The maximum atomic E-state index is 12.3. The molecule has 0 aliphatic heterocycles. The summed E-state index contributed by atoms with van der Waals surface area (Å²) >= 11 is 0. The second-order valence-electron chi connectivity index (χ2n) is 9.94. The first-order valence-electron chi connectivity index (χ1n) is 10.4. The highest BCUT2D eigenvalue weighted by atomic mass is 16.6. The summed E-state index contributed by atoms with van der Waals surface area (Å²) in [7, 11) is 1.57. The third-order valence-electron chi connectivity index (χ3n) is 5.28. The van der Waals surface area contributed by atoms with Gasteiger partial charge in [0.25, 0.3) is 0 Å². The highest BCUT2D eigenvalue weighted by Crippen LogP contribution is 2.39. The molecule has 1 aliphatic rings. The predicted molar refractivity (Wildman–Crippen MR) is 113 cm³/mol. The molecule has 6 nitrogen and oxygen atoms in total. The van der Waals surface area contributed by atoms with Crippen molar-refractivity contribution in [3.8, 4) is 11.5 Å². The number of benzene rings is 1. The van der Waals surface area contributed by atoms with Gasteiger partial charge in [0, 0.05) is 17.0 Å². The minimum atomic E-state index is -1.23. The summed E-state index contributed by atoms with van der Waals surface area (Å²) in [4.78, 5) is 12.3. The van der Waals surface area contributed by atoms with Crippen LogP contribution in [0.1, 0.15) is 78.8 Å². The van der Waals surface area contributed by atoms with E-state index >= 15 is 0 Å². The van der Waals surface area contributed by atoms with Gasteiger partial charge in [0.2, 0.25) is 0 Å². The normalized spacial score (nSPS) is 17.5. The van der Waals surface area contributed by atoms with Crippen molar-refractivity contribution in [2.45, 2.75) is 84.5 Å². The summed E-state index contributed by atoms with van der Waals surface area (Å²) < 4.78 is 17.0. The second-order valence-corrected chi connectivity index (χ2v) is 9.94. The number of amides is 1. The average Bonchev–Trinajstić information content (AvgIpc) is 3.02. The molecular formula is C23H37NO5. The van der Waals surface area contributed by atoms with Crippen molar-refractivity contribution in [1.82, 2.24) is 5.32 Å². The van der Waals surface area contributed by atoms with Crippen LogP contribution in [0, 0.1) is 5.41 Å². The van der Waals surface area contributed by atoms with Gasteiger partial charge in [-0.3, -0.25) is 0 Å². The fraction of sp³-hybridized carbons (Fsp3) is 0.696. The minimum absolute atomic E-state index is 0.222. The van der Waals surface area contributed by atoms with E-state index in [-0.39, 0.29) is 5.41 Å². The van der Waals surface area contributed by atoms with Gasteiger partial charge in [0.05, 0.1) is 25.4 Å². The Morgan fingerprint density at radius 3 is 2.34 bits per heavy atom. The van der Waals surface area contributed by atoms with Crippen LogP contribution in [0.4, 0.5) is 4.79 Å². The summed E-state index contributed by atoms with van der Waals surface area (Å²) in [6.07, 6.45) is 4.28. The maximum absolute atomic E-state index is 12.3. The summed E-state index contributed by atoms with van der Waals surface area (Å²) in [5.74, 6) is 1.26. The van der Waals surface area contributed by atoms with Gasteiger partial charge in [0.1, 0.15) is 17.1 Å². The minimum Gasteiger partial charge on any atom is -0.496 e. The smallest absolute Gasteiger partial charge is 0.408 e. The molecule has 0 spiro atoms. The van der Waals surface area contributed by atoms with Crippen LogP contribution in [0.2, 0.25) is 0 Å². The van der Waals surface area contributed by atoms with Crippen molar-refractivity contribution in [3.63, 3.8) is 0 Å². The highest BCUT2D eigenvalue weighted by molar-refractivity contribution is 5.69. The van der Waals surface area contributed by atoms with Gasteiger partial charge in [-0.25, -0.2) is 4.79 Å². The number of aliphatic hydroxyl groups is 1. The van der Waals surface area contributed by atoms with Crippen LogP contribution in [0.25, 0.3) is 0 Å². The van der Waals surface area contributed by atoms with Crippen LogP contribution < -0.4 is 14.8 Å². The summed E-state index contributed by atoms with van der Waals surface area (Å²) in [5.41, 5.74) is -0.985. The molecule has 2 rings (SSSR count). The van der Waals surface area contributed by atoms with Crippen molar-refractivity contribution in [2.75, 3.05) is 13.7 Å². The Kier molecular flexibility index (Phi) is 7.10. The Balaban J connectivity index is 2.20. The van der Waals surface area contributed by atoms with Gasteiger partial charge in [-0.1, -0.05) is 19.8 Å². The van der Waals surface area contributed by atoms with Crippen molar-refractivity contribution in [2.24, 2.45) is 5.41 Å². The van der Waals surface area contributed by atoms with Gasteiger partial charge in [0.15, 0.2) is 0 Å². The zero-order valence-corrected chi connectivity index (χ0v) is 18.9. The zero-order valence-electron chi connectivity index (χ0n) is 18.9. The topological polar surface area (TPSA) is 77.0 Å². The number of alkyl carbamates (subject to hydrolysis) is 1. The Hall–Kier alpha value is -1.95. The van der Waals surface area contributed by atoms with Gasteiger partial charge in [-0.2, -0.15) is 0 Å². The third-order valence-corrected chi connectivity index (χ3v) is 5.28. The SMILES string of the molecule is COc1cc(OCC2(C)CCCC2)ccc1C(NC(=O)OC(C)(C)C)C(C)(C)O. The van der Waals surface area contributed by atoms with Crippen LogP contribution in [0.15, 0.2) is 18.2 Å². The van der Waals surface area contributed by atoms with Gasteiger partial charge >= 0.3 is 6.09 Å². The van der Waals surface area contributed by atoms with Crippen LogP contribution in [0.3, 0.4) is 0 Å². The van der Waals surface area contributed by atoms with Crippen molar-refractivity contribution in [1.29, 1.82) is 0 Å². The number of ether oxygens (including phenoxy) is 3. The van der Waals surface area contributed by atoms with E-state index in [1.807, 2.05) is 18.2 Å². The van der Waals surface area contributed by atoms with Gasteiger partial charge < -0.3 is 24.6 Å². The standard InChI is InChI=1S/C23H37NO5/c1-21(2,3)29-20(25)24-19(22(4,5)26)17-11-10-16(14-18(17)27-7)28-15-23(6)12-8-9-13-23/h10-11,14,19,26H,8-9,12-13,15H2,1-7H3,(H,24,25). The molecule has 1 unspecified atom stereocenters. The molecule has 0 radical (unpaired) electrons. The number of methoxy groups -OCH3 is 1. The van der Waals surface area contributed by atoms with E-state index in [9.17, 15) is 9.90 Å². The third kappa shape index (κ3) is 6.81. The fourth-order valence-electron chi connectivity index (χ4n) is 3.71. The highest BCUT2D eigenvalue weighted by Gasteiger charge is 2.34. The molecule has 1 fully saturated rings. The molecule has 1 amide bonds. The second kappa shape index (κ2) is 8.82.